The molecule has 102 valence electrons. The van der Waals surface area contributed by atoms with Crippen molar-refractivity contribution in [3.8, 4) is 0 Å². The molecule has 0 bridgehead atoms. The lowest BCUT2D eigenvalue weighted by molar-refractivity contribution is 0.582. The molecule has 0 unspecified atom stereocenters. The van der Waals surface area contributed by atoms with Gasteiger partial charge >= 0.3 is 0 Å². The molecule has 2 aromatic rings. The van der Waals surface area contributed by atoms with Crippen molar-refractivity contribution in [2.45, 2.75) is 46.7 Å². The molecule has 2 nitrogen and oxygen atoms in total. The molecule has 0 saturated carbocycles. The van der Waals surface area contributed by atoms with E-state index in [4.69, 9.17) is 0 Å². The van der Waals surface area contributed by atoms with E-state index in [0.29, 0.717) is 6.04 Å². The van der Waals surface area contributed by atoms with Gasteiger partial charge in [-0.1, -0.05) is 32.0 Å². The van der Waals surface area contributed by atoms with Crippen LogP contribution in [0, 0.1) is 13.8 Å². The van der Waals surface area contributed by atoms with Crippen molar-refractivity contribution in [3.63, 3.8) is 0 Å². The normalized spacial score (nSPS) is 11.2. The lowest BCUT2D eigenvalue weighted by atomic mass is 10.0. The first-order valence-corrected chi connectivity index (χ1v) is 7.65. The van der Waals surface area contributed by atoms with Crippen LogP contribution in [0.1, 0.15) is 41.2 Å². The molecule has 0 saturated heterocycles. The Morgan fingerprint density at radius 3 is 2.68 bits per heavy atom. The molecule has 0 radical (unpaired) electrons. The number of aryl methyl sites for hydroxylation is 2. The summed E-state index contributed by atoms with van der Waals surface area (Å²) in [4.78, 5) is 4.69. The van der Waals surface area contributed by atoms with Gasteiger partial charge in [-0.3, -0.25) is 0 Å². The van der Waals surface area contributed by atoms with Crippen LogP contribution in [0.25, 0.3) is 0 Å². The van der Waals surface area contributed by atoms with E-state index in [2.05, 4.69) is 61.6 Å². The largest absolute Gasteiger partial charge is 0.309 e. The van der Waals surface area contributed by atoms with Gasteiger partial charge < -0.3 is 5.32 Å². The molecule has 1 aromatic heterocycles. The zero-order chi connectivity index (χ0) is 13.8. The fourth-order valence-corrected chi connectivity index (χ4v) is 2.74. The molecule has 1 N–H and O–H groups in total. The first-order valence-electron chi connectivity index (χ1n) is 6.77. The van der Waals surface area contributed by atoms with Crippen LogP contribution in [0.5, 0.6) is 0 Å². The highest BCUT2D eigenvalue weighted by molar-refractivity contribution is 7.09. The summed E-state index contributed by atoms with van der Waals surface area (Å²) in [5.74, 6) is 0. The van der Waals surface area contributed by atoms with Crippen LogP contribution in [0.2, 0.25) is 0 Å². The Bertz CT molecular complexity index is 543. The van der Waals surface area contributed by atoms with Crippen molar-refractivity contribution in [1.29, 1.82) is 0 Å². The molecule has 19 heavy (non-hydrogen) atoms. The van der Waals surface area contributed by atoms with Crippen molar-refractivity contribution in [3.05, 3.63) is 51.0 Å². The second kappa shape index (κ2) is 6.31. The third kappa shape index (κ3) is 4.15. The van der Waals surface area contributed by atoms with Gasteiger partial charge in [0.2, 0.25) is 0 Å². The van der Waals surface area contributed by atoms with E-state index in [1.54, 1.807) is 11.3 Å². The van der Waals surface area contributed by atoms with Crippen LogP contribution < -0.4 is 5.32 Å². The molecule has 0 fully saturated rings. The summed E-state index contributed by atoms with van der Waals surface area (Å²) in [5.41, 5.74) is 5.21. The maximum absolute atomic E-state index is 4.69. The second-order valence-electron chi connectivity index (χ2n) is 5.36. The van der Waals surface area contributed by atoms with Crippen molar-refractivity contribution >= 4 is 11.3 Å². The minimum Gasteiger partial charge on any atom is -0.309 e. The zero-order valence-electron chi connectivity index (χ0n) is 12.2. The average molecular weight is 274 g/mol. The fraction of sp³-hybridized carbons (Fsp3) is 0.438. The summed E-state index contributed by atoms with van der Waals surface area (Å²) < 4.78 is 0. The van der Waals surface area contributed by atoms with Crippen LogP contribution in [0.3, 0.4) is 0 Å². The van der Waals surface area contributed by atoms with Gasteiger partial charge in [0.1, 0.15) is 0 Å². The maximum atomic E-state index is 4.69. The van der Waals surface area contributed by atoms with E-state index in [-0.39, 0.29) is 0 Å². The Hall–Kier alpha value is -1.19. The first kappa shape index (κ1) is 14.2. The predicted octanol–water partition coefficient (Wildman–Crippen LogP) is 3.85. The third-order valence-corrected chi connectivity index (χ3v) is 4.12. The molecule has 0 amide bonds. The fourth-order valence-electron chi connectivity index (χ4n) is 1.91. The lowest BCUT2D eigenvalue weighted by Crippen LogP contribution is -2.21. The molecule has 0 spiro atoms. The van der Waals surface area contributed by atoms with Gasteiger partial charge in [-0.05, 0) is 30.5 Å². The monoisotopic (exact) mass is 274 g/mol. The molecular weight excluding hydrogens is 252 g/mol. The molecule has 0 aliphatic heterocycles. The predicted molar refractivity (Wildman–Crippen MR) is 82.8 cm³/mol. The van der Waals surface area contributed by atoms with Crippen molar-refractivity contribution in [2.75, 3.05) is 0 Å². The maximum Gasteiger partial charge on any atom is 0.0972 e. The summed E-state index contributed by atoms with van der Waals surface area (Å²) in [6, 6.07) is 7.17. The molecule has 0 aliphatic rings. The first-order chi connectivity index (χ1) is 9.04. The minimum atomic E-state index is 0.505. The van der Waals surface area contributed by atoms with E-state index in [9.17, 15) is 0 Å². The summed E-state index contributed by atoms with van der Waals surface area (Å²) in [6.07, 6.45) is 0.938. The number of thiazole rings is 1. The molecular formula is C16H22N2S. The topological polar surface area (TPSA) is 24.9 Å². The number of aromatic nitrogens is 1. The highest BCUT2D eigenvalue weighted by Crippen LogP contribution is 2.17. The van der Waals surface area contributed by atoms with Gasteiger partial charge in [0.05, 0.1) is 10.7 Å². The number of rotatable bonds is 5. The van der Waals surface area contributed by atoms with E-state index >= 15 is 0 Å². The zero-order valence-corrected chi connectivity index (χ0v) is 13.0. The molecule has 0 aliphatic carbocycles. The van der Waals surface area contributed by atoms with Crippen LogP contribution in [-0.4, -0.2) is 11.0 Å². The van der Waals surface area contributed by atoms with Gasteiger partial charge in [-0.15, -0.1) is 11.3 Å². The Balaban J connectivity index is 2.01. The second-order valence-corrected chi connectivity index (χ2v) is 6.31. The number of nitrogens with one attached hydrogen (secondary N) is 1. The average Bonchev–Trinajstić information content (AvgIpc) is 2.79. The smallest absolute Gasteiger partial charge is 0.0972 e. The van der Waals surface area contributed by atoms with Gasteiger partial charge in [-0.2, -0.15) is 0 Å². The highest BCUT2D eigenvalue weighted by Gasteiger charge is 2.05. The molecule has 1 aromatic carbocycles. The molecule has 2 rings (SSSR count). The SMILES string of the molecule is Cc1ccc(Cc2nc(CNC(C)C)cs2)cc1C. The lowest BCUT2D eigenvalue weighted by Gasteiger charge is -2.05. The highest BCUT2D eigenvalue weighted by atomic mass is 32.1. The summed E-state index contributed by atoms with van der Waals surface area (Å²) >= 11 is 1.75. The van der Waals surface area contributed by atoms with Crippen molar-refractivity contribution in [1.82, 2.24) is 10.3 Å². The summed E-state index contributed by atoms with van der Waals surface area (Å²) in [6.45, 7) is 9.49. The van der Waals surface area contributed by atoms with Gasteiger partial charge in [0, 0.05) is 24.4 Å². The molecule has 0 atom stereocenters. The Morgan fingerprint density at radius 1 is 1.21 bits per heavy atom. The number of hydrogen-bond acceptors (Lipinski definition) is 3. The van der Waals surface area contributed by atoms with Gasteiger partial charge in [0.15, 0.2) is 0 Å². The number of nitrogens with zero attached hydrogens (tertiary/aromatic N) is 1. The van der Waals surface area contributed by atoms with E-state index in [1.165, 1.54) is 21.7 Å². The van der Waals surface area contributed by atoms with E-state index in [0.717, 1.165) is 18.7 Å². The van der Waals surface area contributed by atoms with Gasteiger partial charge in [0.25, 0.3) is 0 Å². The van der Waals surface area contributed by atoms with Crippen molar-refractivity contribution in [2.24, 2.45) is 0 Å². The Morgan fingerprint density at radius 2 is 2.00 bits per heavy atom. The molecule has 3 heteroatoms. The summed E-state index contributed by atoms with van der Waals surface area (Å²) in [7, 11) is 0. The standard InChI is InChI=1S/C16H22N2S/c1-11(2)17-9-15-10-19-16(18-15)8-14-6-5-12(3)13(4)7-14/h5-7,10-11,17H,8-9H2,1-4H3. The summed E-state index contributed by atoms with van der Waals surface area (Å²) in [5, 5.41) is 6.76. The number of benzene rings is 1. The van der Waals surface area contributed by atoms with E-state index in [1.807, 2.05) is 0 Å². The molecule has 1 heterocycles. The number of hydrogen-bond donors (Lipinski definition) is 1. The van der Waals surface area contributed by atoms with Crippen LogP contribution in [-0.2, 0) is 13.0 Å². The quantitative estimate of drug-likeness (QED) is 0.896. The van der Waals surface area contributed by atoms with Crippen LogP contribution >= 0.6 is 11.3 Å². The Labute approximate surface area is 119 Å². The third-order valence-electron chi connectivity index (χ3n) is 3.22. The van der Waals surface area contributed by atoms with Gasteiger partial charge in [-0.25, -0.2) is 4.98 Å². The Kier molecular flexibility index (Phi) is 4.72. The van der Waals surface area contributed by atoms with E-state index < -0.39 is 0 Å². The van der Waals surface area contributed by atoms with Crippen LogP contribution in [0.4, 0.5) is 0 Å². The van der Waals surface area contributed by atoms with Crippen molar-refractivity contribution < 1.29 is 0 Å². The van der Waals surface area contributed by atoms with Crippen LogP contribution in [0.15, 0.2) is 23.6 Å². The minimum absolute atomic E-state index is 0.505.